The van der Waals surface area contributed by atoms with E-state index < -0.39 is 11.5 Å². The van der Waals surface area contributed by atoms with Gasteiger partial charge in [0.25, 0.3) is 5.92 Å². The Labute approximate surface area is 88.6 Å². The van der Waals surface area contributed by atoms with Gasteiger partial charge in [-0.05, 0) is 28.1 Å². The van der Waals surface area contributed by atoms with Crippen molar-refractivity contribution in [3.8, 4) is 0 Å². The average molecular weight is 263 g/mol. The summed E-state index contributed by atoms with van der Waals surface area (Å²) in [7, 11) is 0. The number of alkyl halides is 2. The van der Waals surface area contributed by atoms with Crippen LogP contribution in [0.25, 0.3) is 0 Å². The van der Waals surface area contributed by atoms with Crippen LogP contribution < -0.4 is 5.73 Å². The first kappa shape index (κ1) is 9.98. The monoisotopic (exact) mass is 262 g/mol. The fourth-order valence-corrected chi connectivity index (χ4v) is 2.08. The predicted molar refractivity (Wildman–Crippen MR) is 52.0 cm³/mol. The number of hydrogen-bond donors (Lipinski definition) is 1. The predicted octanol–water partition coefficient (Wildman–Crippen LogP) is 2.43. The standard InChI is InChI=1S/C9H9BrF2N2/c10-7-3-1-2-6(14-7)8(13)4-9(11,12)5-8/h1-3H,4-5,13H2. The maximum atomic E-state index is 12.7. The van der Waals surface area contributed by atoms with E-state index in [0.29, 0.717) is 10.3 Å². The van der Waals surface area contributed by atoms with Crippen LogP contribution in [0.15, 0.2) is 22.8 Å². The quantitative estimate of drug-likeness (QED) is 0.790. The molecule has 5 heteroatoms. The van der Waals surface area contributed by atoms with Crippen molar-refractivity contribution in [1.82, 2.24) is 4.98 Å². The average Bonchev–Trinajstić information content (AvgIpc) is 2.00. The molecule has 0 amide bonds. The first-order chi connectivity index (χ1) is 6.41. The topological polar surface area (TPSA) is 38.9 Å². The van der Waals surface area contributed by atoms with E-state index >= 15 is 0 Å². The largest absolute Gasteiger partial charge is 0.320 e. The van der Waals surface area contributed by atoms with Crippen LogP contribution in [0.1, 0.15) is 18.5 Å². The highest BCUT2D eigenvalue weighted by atomic mass is 79.9. The van der Waals surface area contributed by atoms with Crippen LogP contribution in [0.4, 0.5) is 8.78 Å². The van der Waals surface area contributed by atoms with Gasteiger partial charge in [-0.1, -0.05) is 6.07 Å². The smallest absolute Gasteiger partial charge is 0.252 e. The van der Waals surface area contributed by atoms with Crippen molar-refractivity contribution in [2.24, 2.45) is 5.73 Å². The molecule has 2 nitrogen and oxygen atoms in total. The Kier molecular flexibility index (Phi) is 2.12. The molecule has 1 fully saturated rings. The van der Waals surface area contributed by atoms with Gasteiger partial charge in [0, 0.05) is 12.8 Å². The molecule has 1 aliphatic rings. The van der Waals surface area contributed by atoms with Crippen LogP contribution in [0.2, 0.25) is 0 Å². The highest BCUT2D eigenvalue weighted by Crippen LogP contribution is 2.49. The van der Waals surface area contributed by atoms with Crippen molar-refractivity contribution in [2.75, 3.05) is 0 Å². The van der Waals surface area contributed by atoms with Crippen molar-refractivity contribution in [2.45, 2.75) is 24.3 Å². The van der Waals surface area contributed by atoms with E-state index in [1.807, 2.05) is 0 Å². The second-order valence-corrected chi connectivity index (χ2v) is 4.52. The summed E-state index contributed by atoms with van der Waals surface area (Å²) in [5.41, 5.74) is 5.38. The SMILES string of the molecule is NC1(c2cccc(Br)n2)CC(F)(F)C1. The van der Waals surface area contributed by atoms with Crippen LogP contribution in [0.5, 0.6) is 0 Å². The summed E-state index contributed by atoms with van der Waals surface area (Å²) in [6, 6.07) is 5.17. The van der Waals surface area contributed by atoms with Crippen molar-refractivity contribution in [3.05, 3.63) is 28.5 Å². The number of nitrogens with zero attached hydrogens (tertiary/aromatic N) is 1. The van der Waals surface area contributed by atoms with Crippen LogP contribution in [-0.4, -0.2) is 10.9 Å². The molecule has 14 heavy (non-hydrogen) atoms. The lowest BCUT2D eigenvalue weighted by Gasteiger charge is -2.43. The number of aromatic nitrogens is 1. The molecule has 0 aromatic carbocycles. The second-order valence-electron chi connectivity index (χ2n) is 3.71. The van der Waals surface area contributed by atoms with Gasteiger partial charge in [0.1, 0.15) is 4.60 Å². The third-order valence-electron chi connectivity index (χ3n) is 2.37. The van der Waals surface area contributed by atoms with Gasteiger partial charge in [-0.15, -0.1) is 0 Å². The summed E-state index contributed by atoms with van der Waals surface area (Å²) in [6.45, 7) is 0. The van der Waals surface area contributed by atoms with E-state index in [-0.39, 0.29) is 12.8 Å². The van der Waals surface area contributed by atoms with Crippen LogP contribution in [0.3, 0.4) is 0 Å². The van der Waals surface area contributed by atoms with E-state index in [1.165, 1.54) is 0 Å². The molecule has 1 aromatic rings. The Hall–Kier alpha value is -0.550. The lowest BCUT2D eigenvalue weighted by molar-refractivity contribution is -0.126. The highest BCUT2D eigenvalue weighted by Gasteiger charge is 2.56. The lowest BCUT2D eigenvalue weighted by atomic mass is 9.72. The molecule has 2 rings (SSSR count). The first-order valence-electron chi connectivity index (χ1n) is 4.21. The maximum absolute atomic E-state index is 12.7. The Bertz CT molecular complexity index is 360. The minimum atomic E-state index is -2.63. The maximum Gasteiger partial charge on any atom is 0.252 e. The molecular weight excluding hydrogens is 254 g/mol. The number of rotatable bonds is 1. The molecule has 0 atom stereocenters. The fraction of sp³-hybridized carbons (Fsp3) is 0.444. The van der Waals surface area contributed by atoms with E-state index in [4.69, 9.17) is 5.73 Å². The van der Waals surface area contributed by atoms with Gasteiger partial charge < -0.3 is 5.73 Å². The van der Waals surface area contributed by atoms with E-state index in [1.54, 1.807) is 18.2 Å². The van der Waals surface area contributed by atoms with Gasteiger partial charge in [-0.3, -0.25) is 0 Å². The minimum Gasteiger partial charge on any atom is -0.320 e. The minimum absolute atomic E-state index is 0.316. The van der Waals surface area contributed by atoms with Crippen LogP contribution in [-0.2, 0) is 5.54 Å². The molecule has 1 aliphatic carbocycles. The summed E-state index contributed by atoms with van der Waals surface area (Å²) < 4.78 is 26.0. The molecule has 0 spiro atoms. The number of pyridine rings is 1. The Balaban J connectivity index is 2.25. The van der Waals surface area contributed by atoms with Crippen molar-refractivity contribution < 1.29 is 8.78 Å². The van der Waals surface area contributed by atoms with Gasteiger partial charge in [-0.25, -0.2) is 13.8 Å². The van der Waals surface area contributed by atoms with Crippen molar-refractivity contribution >= 4 is 15.9 Å². The Morgan fingerprint density at radius 1 is 1.36 bits per heavy atom. The lowest BCUT2D eigenvalue weighted by Crippen LogP contribution is -2.55. The molecular formula is C9H9BrF2N2. The van der Waals surface area contributed by atoms with Crippen LogP contribution >= 0.6 is 15.9 Å². The zero-order valence-corrected chi connectivity index (χ0v) is 8.89. The molecule has 1 heterocycles. The number of hydrogen-bond acceptors (Lipinski definition) is 2. The summed E-state index contributed by atoms with van der Waals surface area (Å²) in [4.78, 5) is 4.09. The Morgan fingerprint density at radius 2 is 2.00 bits per heavy atom. The highest BCUT2D eigenvalue weighted by molar-refractivity contribution is 9.10. The van der Waals surface area contributed by atoms with Crippen molar-refractivity contribution in [1.29, 1.82) is 0 Å². The molecule has 0 radical (unpaired) electrons. The van der Waals surface area contributed by atoms with Crippen molar-refractivity contribution in [3.63, 3.8) is 0 Å². The Morgan fingerprint density at radius 3 is 2.50 bits per heavy atom. The molecule has 1 aromatic heterocycles. The summed E-state index contributed by atoms with van der Waals surface area (Å²) >= 11 is 3.18. The first-order valence-corrected chi connectivity index (χ1v) is 5.00. The molecule has 0 unspecified atom stereocenters. The second kappa shape index (κ2) is 2.97. The summed E-state index contributed by atoms with van der Waals surface area (Å²) in [5.74, 6) is -2.63. The third kappa shape index (κ3) is 1.66. The van der Waals surface area contributed by atoms with E-state index in [2.05, 4.69) is 20.9 Å². The number of halogens is 3. The molecule has 76 valence electrons. The zero-order chi connectivity index (χ0) is 10.4. The molecule has 2 N–H and O–H groups in total. The van der Waals surface area contributed by atoms with Gasteiger partial charge in [0.05, 0.1) is 11.2 Å². The molecule has 0 aliphatic heterocycles. The molecule has 0 bridgehead atoms. The van der Waals surface area contributed by atoms with Crippen LogP contribution in [0, 0.1) is 0 Å². The zero-order valence-electron chi connectivity index (χ0n) is 7.30. The van der Waals surface area contributed by atoms with E-state index in [0.717, 1.165) is 0 Å². The third-order valence-corrected chi connectivity index (χ3v) is 2.82. The molecule has 0 saturated heterocycles. The normalized spacial score (nSPS) is 22.9. The summed E-state index contributed by atoms with van der Waals surface area (Å²) in [5, 5.41) is 0. The van der Waals surface area contributed by atoms with Gasteiger partial charge in [-0.2, -0.15) is 0 Å². The summed E-state index contributed by atoms with van der Waals surface area (Å²) in [6.07, 6.45) is -0.632. The van der Waals surface area contributed by atoms with Gasteiger partial charge in [0.15, 0.2) is 0 Å². The fourth-order valence-electron chi connectivity index (χ4n) is 1.74. The van der Waals surface area contributed by atoms with Gasteiger partial charge >= 0.3 is 0 Å². The molecule has 1 saturated carbocycles. The number of nitrogens with two attached hydrogens (primary N) is 1. The van der Waals surface area contributed by atoms with Gasteiger partial charge in [0.2, 0.25) is 0 Å². The van der Waals surface area contributed by atoms with E-state index in [9.17, 15) is 8.78 Å².